The van der Waals surface area contributed by atoms with Gasteiger partial charge in [-0.05, 0) is 44.4 Å². The van der Waals surface area contributed by atoms with Crippen LogP contribution in [0.5, 0.6) is 0 Å². The molecule has 1 aliphatic rings. The van der Waals surface area contributed by atoms with E-state index in [0.29, 0.717) is 23.7 Å². The summed E-state index contributed by atoms with van der Waals surface area (Å²) in [6.45, 7) is 5.97. The van der Waals surface area contributed by atoms with Crippen LogP contribution in [0.25, 0.3) is 0 Å². The number of rotatable bonds is 6. The normalized spacial score (nSPS) is 16.6. The van der Waals surface area contributed by atoms with Gasteiger partial charge >= 0.3 is 0 Å². The summed E-state index contributed by atoms with van der Waals surface area (Å²) in [5.41, 5.74) is 1.73. The molecule has 3 heterocycles. The molecule has 1 amide bonds. The number of aryl methyl sites for hydroxylation is 1. The van der Waals surface area contributed by atoms with Crippen molar-refractivity contribution >= 4 is 22.4 Å². The van der Waals surface area contributed by atoms with E-state index in [1.165, 1.54) is 23.5 Å². The minimum atomic E-state index is -0.252. The number of aromatic nitrogens is 2. The predicted octanol–water partition coefficient (Wildman–Crippen LogP) is 4.62. The van der Waals surface area contributed by atoms with Gasteiger partial charge in [0.1, 0.15) is 16.5 Å². The molecule has 1 saturated heterocycles. The molecule has 1 aliphatic heterocycles. The van der Waals surface area contributed by atoms with Crippen LogP contribution >= 0.6 is 11.3 Å². The van der Waals surface area contributed by atoms with Gasteiger partial charge in [0.2, 0.25) is 0 Å². The number of thiazole rings is 1. The Morgan fingerprint density at radius 2 is 2.17 bits per heavy atom. The molecule has 0 bridgehead atoms. The maximum atomic E-state index is 13.1. The Bertz CT molecular complexity index is 1010. The van der Waals surface area contributed by atoms with E-state index in [1.807, 2.05) is 18.7 Å². The number of benzene rings is 1. The van der Waals surface area contributed by atoms with Gasteiger partial charge < -0.3 is 14.6 Å². The minimum Gasteiger partial charge on any atom is -0.445 e. The number of piperidine rings is 1. The molecule has 1 N–H and O–H groups in total. The number of nitrogens with one attached hydrogen (secondary N) is 1. The van der Waals surface area contributed by atoms with Gasteiger partial charge in [0.25, 0.3) is 5.91 Å². The molecule has 8 heteroatoms. The number of halogens is 1. The van der Waals surface area contributed by atoms with E-state index in [2.05, 4.69) is 15.3 Å². The number of carbonyl (C=O) groups is 1. The highest BCUT2D eigenvalue weighted by Crippen LogP contribution is 2.30. The fourth-order valence-electron chi connectivity index (χ4n) is 3.73. The molecule has 0 saturated carbocycles. The van der Waals surface area contributed by atoms with Gasteiger partial charge in [0.05, 0.1) is 17.8 Å². The smallest absolute Gasteiger partial charge is 0.265 e. The lowest BCUT2D eigenvalue weighted by Gasteiger charge is -2.31. The van der Waals surface area contributed by atoms with Crippen LogP contribution in [0.4, 0.5) is 9.52 Å². The molecule has 4 rings (SSSR count). The maximum Gasteiger partial charge on any atom is 0.265 e. The minimum absolute atomic E-state index is 0.0249. The Labute approximate surface area is 179 Å². The lowest BCUT2D eigenvalue weighted by molar-refractivity contribution is 0.0702. The van der Waals surface area contributed by atoms with Gasteiger partial charge in [0.15, 0.2) is 11.0 Å². The maximum absolute atomic E-state index is 13.1. The molecular formula is C22H25FN4O2S. The number of anilines is 1. The monoisotopic (exact) mass is 428 g/mol. The molecule has 0 spiro atoms. The Morgan fingerprint density at radius 3 is 2.93 bits per heavy atom. The molecular weight excluding hydrogens is 403 g/mol. The van der Waals surface area contributed by atoms with Crippen LogP contribution in [0.15, 0.2) is 34.9 Å². The second kappa shape index (κ2) is 8.95. The lowest BCUT2D eigenvalue weighted by Crippen LogP contribution is -2.39. The molecule has 158 valence electrons. The Balaban J connectivity index is 1.43. The largest absolute Gasteiger partial charge is 0.445 e. The summed E-state index contributed by atoms with van der Waals surface area (Å²) >= 11 is 1.41. The highest BCUT2D eigenvalue weighted by atomic mass is 32.1. The zero-order valence-corrected chi connectivity index (χ0v) is 18.0. The van der Waals surface area contributed by atoms with Crippen molar-refractivity contribution in [3.05, 3.63) is 64.1 Å². The summed E-state index contributed by atoms with van der Waals surface area (Å²) in [5.74, 6) is 1.26. The van der Waals surface area contributed by atoms with E-state index in [4.69, 9.17) is 4.42 Å². The van der Waals surface area contributed by atoms with Gasteiger partial charge in [0, 0.05) is 26.1 Å². The molecule has 3 aromatic rings. The van der Waals surface area contributed by atoms with Crippen LogP contribution in [0, 0.1) is 12.7 Å². The van der Waals surface area contributed by atoms with Crippen molar-refractivity contribution < 1.29 is 13.6 Å². The van der Waals surface area contributed by atoms with Crippen molar-refractivity contribution in [1.29, 1.82) is 0 Å². The van der Waals surface area contributed by atoms with E-state index < -0.39 is 0 Å². The highest BCUT2D eigenvalue weighted by molar-refractivity contribution is 7.17. The number of likely N-dealkylation sites (tertiary alicyclic amines) is 1. The molecule has 2 aromatic heterocycles. The first-order valence-corrected chi connectivity index (χ1v) is 11.0. The second-order valence-electron chi connectivity index (χ2n) is 7.52. The highest BCUT2D eigenvalue weighted by Gasteiger charge is 2.30. The summed E-state index contributed by atoms with van der Waals surface area (Å²) in [5, 5.41) is 3.96. The zero-order valence-electron chi connectivity index (χ0n) is 17.2. The standard InChI is InChI=1S/C22H25FN4O2S/c1-3-24-22-26-14(2)19(30-22)21(28)27-10-4-5-16(13-27)20-25-12-18(29-20)11-15-6-8-17(23)9-7-15/h6-9,12,16H,3-5,10-11,13H2,1-2H3,(H,24,26). The fourth-order valence-corrected chi connectivity index (χ4v) is 4.73. The summed E-state index contributed by atoms with van der Waals surface area (Å²) in [6.07, 6.45) is 4.14. The van der Waals surface area contributed by atoms with Gasteiger partial charge in [-0.1, -0.05) is 23.5 Å². The van der Waals surface area contributed by atoms with Gasteiger partial charge in [-0.25, -0.2) is 14.4 Å². The molecule has 1 atom stereocenters. The van der Waals surface area contributed by atoms with Crippen molar-refractivity contribution in [3.63, 3.8) is 0 Å². The van der Waals surface area contributed by atoms with Crippen LogP contribution in [0.2, 0.25) is 0 Å². The molecule has 30 heavy (non-hydrogen) atoms. The summed E-state index contributed by atoms with van der Waals surface area (Å²) in [4.78, 5) is 24.6. The third-order valence-electron chi connectivity index (χ3n) is 5.24. The van der Waals surface area contributed by atoms with Crippen molar-refractivity contribution in [2.45, 2.75) is 39.0 Å². The molecule has 0 radical (unpaired) electrons. The van der Waals surface area contributed by atoms with Crippen molar-refractivity contribution in [1.82, 2.24) is 14.9 Å². The number of carbonyl (C=O) groups excluding carboxylic acids is 1. The van der Waals surface area contributed by atoms with Crippen LogP contribution in [-0.4, -0.2) is 40.4 Å². The third kappa shape index (κ3) is 4.53. The third-order valence-corrected chi connectivity index (χ3v) is 6.34. The van der Waals surface area contributed by atoms with Crippen LogP contribution in [0.3, 0.4) is 0 Å². The molecule has 1 fully saturated rings. The molecule has 1 aromatic carbocycles. The number of hydrogen-bond donors (Lipinski definition) is 1. The van der Waals surface area contributed by atoms with E-state index in [0.717, 1.165) is 48.1 Å². The van der Waals surface area contributed by atoms with E-state index in [9.17, 15) is 9.18 Å². The lowest BCUT2D eigenvalue weighted by atomic mass is 9.98. The quantitative estimate of drug-likeness (QED) is 0.620. The Kier molecular flexibility index (Phi) is 6.13. The summed E-state index contributed by atoms with van der Waals surface area (Å²) in [6, 6.07) is 6.38. The van der Waals surface area contributed by atoms with Crippen molar-refractivity contribution in [2.75, 3.05) is 25.0 Å². The van der Waals surface area contributed by atoms with Crippen LogP contribution in [0.1, 0.15) is 58.3 Å². The van der Waals surface area contributed by atoms with E-state index in [-0.39, 0.29) is 17.6 Å². The molecule has 0 aliphatic carbocycles. The van der Waals surface area contributed by atoms with Crippen LogP contribution < -0.4 is 5.32 Å². The summed E-state index contributed by atoms with van der Waals surface area (Å²) < 4.78 is 19.1. The second-order valence-corrected chi connectivity index (χ2v) is 8.52. The SMILES string of the molecule is CCNc1nc(C)c(C(=O)N2CCCC(c3ncc(Cc4ccc(F)cc4)o3)C2)s1. The number of nitrogens with zero attached hydrogens (tertiary/aromatic N) is 3. The fraction of sp³-hybridized carbons (Fsp3) is 0.409. The summed E-state index contributed by atoms with van der Waals surface area (Å²) in [7, 11) is 0. The number of oxazole rings is 1. The van der Waals surface area contributed by atoms with Gasteiger partial charge in [-0.3, -0.25) is 4.79 Å². The average molecular weight is 429 g/mol. The number of amides is 1. The molecule has 6 nitrogen and oxygen atoms in total. The van der Waals surface area contributed by atoms with Crippen molar-refractivity contribution in [2.24, 2.45) is 0 Å². The van der Waals surface area contributed by atoms with Crippen molar-refractivity contribution in [3.8, 4) is 0 Å². The van der Waals surface area contributed by atoms with Gasteiger partial charge in [-0.2, -0.15) is 0 Å². The zero-order chi connectivity index (χ0) is 21.1. The van der Waals surface area contributed by atoms with Gasteiger partial charge in [-0.15, -0.1) is 0 Å². The average Bonchev–Trinajstić information content (AvgIpc) is 3.36. The first-order chi connectivity index (χ1) is 14.5. The first kappa shape index (κ1) is 20.5. The predicted molar refractivity (Wildman–Crippen MR) is 115 cm³/mol. The van der Waals surface area contributed by atoms with Crippen LogP contribution in [-0.2, 0) is 6.42 Å². The molecule has 1 unspecified atom stereocenters. The Morgan fingerprint density at radius 1 is 1.37 bits per heavy atom. The topological polar surface area (TPSA) is 71.3 Å². The van der Waals surface area contributed by atoms with E-state index in [1.54, 1.807) is 18.3 Å². The number of hydrogen-bond acceptors (Lipinski definition) is 6. The first-order valence-electron chi connectivity index (χ1n) is 10.2. The van der Waals surface area contributed by atoms with E-state index >= 15 is 0 Å². The Hall–Kier alpha value is -2.74.